The molecule has 5 heteroatoms. The fourth-order valence-electron chi connectivity index (χ4n) is 1.25. The van der Waals surface area contributed by atoms with Crippen molar-refractivity contribution in [2.45, 2.75) is 11.7 Å². The molecule has 0 fully saturated rings. The van der Waals surface area contributed by atoms with Gasteiger partial charge < -0.3 is 15.3 Å². The second-order valence-electron chi connectivity index (χ2n) is 3.11. The average Bonchev–Trinajstić information content (AvgIpc) is 2.13. The highest BCUT2D eigenvalue weighted by Crippen LogP contribution is 2.32. The highest BCUT2D eigenvalue weighted by Gasteiger charge is 2.39. The Morgan fingerprint density at radius 2 is 2.23 bits per heavy atom. The standard InChI is InChI=1S/C8H13NO3S/c1-5-7(12)6(2-10)8(13,4-11)3-9-5/h3,6,10-13H,2,4H2,1H3. The number of hydrogen-bond acceptors (Lipinski definition) is 5. The second kappa shape index (κ2) is 3.69. The molecule has 0 radical (unpaired) electrons. The van der Waals surface area contributed by atoms with Crippen molar-refractivity contribution in [2.75, 3.05) is 13.2 Å². The minimum atomic E-state index is -0.960. The van der Waals surface area contributed by atoms with Gasteiger partial charge in [-0.15, -0.1) is 0 Å². The summed E-state index contributed by atoms with van der Waals surface area (Å²) in [5.74, 6) is -0.590. The van der Waals surface area contributed by atoms with Gasteiger partial charge in [0.25, 0.3) is 0 Å². The van der Waals surface area contributed by atoms with Crippen LogP contribution in [0.4, 0.5) is 0 Å². The van der Waals surface area contributed by atoms with Gasteiger partial charge in [0.1, 0.15) is 5.76 Å². The fraction of sp³-hybridized carbons (Fsp3) is 0.625. The largest absolute Gasteiger partial charge is 0.510 e. The number of aliphatic imine (C=N–C) groups is 1. The summed E-state index contributed by atoms with van der Waals surface area (Å²) in [4.78, 5) is 3.89. The van der Waals surface area contributed by atoms with E-state index in [0.717, 1.165) is 0 Å². The lowest BCUT2D eigenvalue weighted by atomic mass is 9.89. The van der Waals surface area contributed by atoms with Crippen LogP contribution in [-0.2, 0) is 0 Å². The first kappa shape index (κ1) is 10.6. The molecule has 0 spiro atoms. The summed E-state index contributed by atoms with van der Waals surface area (Å²) in [6, 6.07) is 0. The normalized spacial score (nSPS) is 34.0. The van der Waals surface area contributed by atoms with Gasteiger partial charge >= 0.3 is 0 Å². The molecule has 2 unspecified atom stereocenters. The summed E-state index contributed by atoms with van der Waals surface area (Å²) >= 11 is 4.17. The Balaban J connectivity index is 3.03. The molecule has 3 N–H and O–H groups in total. The summed E-state index contributed by atoms with van der Waals surface area (Å²) in [6.07, 6.45) is 1.45. The van der Waals surface area contributed by atoms with Crippen LogP contribution < -0.4 is 0 Å². The first-order valence-corrected chi connectivity index (χ1v) is 4.39. The monoisotopic (exact) mass is 203 g/mol. The highest BCUT2D eigenvalue weighted by atomic mass is 32.1. The van der Waals surface area contributed by atoms with E-state index >= 15 is 0 Å². The van der Waals surface area contributed by atoms with E-state index in [-0.39, 0.29) is 19.0 Å². The molecule has 0 aliphatic carbocycles. The van der Waals surface area contributed by atoms with Crippen LogP contribution in [0.25, 0.3) is 0 Å². The molecule has 13 heavy (non-hydrogen) atoms. The van der Waals surface area contributed by atoms with Crippen molar-refractivity contribution in [3.05, 3.63) is 11.5 Å². The molecule has 1 rings (SSSR count). The summed E-state index contributed by atoms with van der Waals surface area (Å²) < 4.78 is -0.960. The van der Waals surface area contributed by atoms with Crippen LogP contribution in [0, 0.1) is 5.92 Å². The van der Waals surface area contributed by atoms with Gasteiger partial charge in [-0.3, -0.25) is 4.99 Å². The fourth-order valence-corrected chi connectivity index (χ4v) is 1.51. The van der Waals surface area contributed by atoms with Crippen molar-refractivity contribution < 1.29 is 15.3 Å². The van der Waals surface area contributed by atoms with E-state index in [1.807, 2.05) is 0 Å². The van der Waals surface area contributed by atoms with Crippen LogP contribution in [0.15, 0.2) is 16.4 Å². The van der Waals surface area contributed by atoms with Gasteiger partial charge in [0.15, 0.2) is 0 Å². The SMILES string of the molecule is CC1=C(O)C(CO)C(S)(CO)C=N1. The van der Waals surface area contributed by atoms with Crippen LogP contribution in [0.2, 0.25) is 0 Å². The van der Waals surface area contributed by atoms with Crippen LogP contribution in [0.5, 0.6) is 0 Å². The van der Waals surface area contributed by atoms with Crippen molar-refractivity contribution in [2.24, 2.45) is 10.9 Å². The molecule has 1 heterocycles. The minimum absolute atomic E-state index is 0.00551. The van der Waals surface area contributed by atoms with E-state index < -0.39 is 10.7 Å². The molecule has 0 aromatic carbocycles. The molecular weight excluding hydrogens is 190 g/mol. The van der Waals surface area contributed by atoms with Crippen LogP contribution in [-0.4, -0.2) is 39.5 Å². The van der Waals surface area contributed by atoms with Crippen LogP contribution in [0.1, 0.15) is 6.92 Å². The number of aliphatic hydroxyl groups excluding tert-OH is 3. The van der Waals surface area contributed by atoms with Crippen molar-refractivity contribution in [3.8, 4) is 0 Å². The third-order valence-electron chi connectivity index (χ3n) is 2.22. The quantitative estimate of drug-likeness (QED) is 0.482. The van der Waals surface area contributed by atoms with Crippen molar-refractivity contribution in [1.29, 1.82) is 0 Å². The number of allylic oxidation sites excluding steroid dienone is 1. The van der Waals surface area contributed by atoms with E-state index in [1.54, 1.807) is 6.92 Å². The number of hydrogen-bond donors (Lipinski definition) is 4. The first-order valence-electron chi connectivity index (χ1n) is 3.94. The molecule has 0 saturated heterocycles. The average molecular weight is 203 g/mol. The lowest BCUT2D eigenvalue weighted by Crippen LogP contribution is -2.43. The minimum Gasteiger partial charge on any atom is -0.510 e. The Kier molecular flexibility index (Phi) is 3.00. The van der Waals surface area contributed by atoms with Crippen LogP contribution in [0.3, 0.4) is 0 Å². The van der Waals surface area contributed by atoms with E-state index in [0.29, 0.717) is 5.70 Å². The molecule has 4 nitrogen and oxygen atoms in total. The van der Waals surface area contributed by atoms with Gasteiger partial charge in [0.05, 0.1) is 29.6 Å². The Bertz CT molecular complexity index is 264. The lowest BCUT2D eigenvalue weighted by molar-refractivity contribution is 0.155. The summed E-state index contributed by atoms with van der Waals surface area (Å²) in [5.41, 5.74) is 0.456. The smallest absolute Gasteiger partial charge is 0.121 e. The zero-order chi connectivity index (χ0) is 10.1. The summed E-state index contributed by atoms with van der Waals surface area (Å²) in [7, 11) is 0. The summed E-state index contributed by atoms with van der Waals surface area (Å²) in [5, 5.41) is 27.6. The predicted octanol–water partition coefficient (Wildman–Crippen LogP) is 0.130. The Morgan fingerprint density at radius 1 is 1.62 bits per heavy atom. The van der Waals surface area contributed by atoms with Gasteiger partial charge in [0.2, 0.25) is 0 Å². The van der Waals surface area contributed by atoms with Crippen molar-refractivity contribution in [3.63, 3.8) is 0 Å². The Labute approximate surface area is 82.0 Å². The Morgan fingerprint density at radius 3 is 2.69 bits per heavy atom. The number of thiol groups is 1. The number of aliphatic hydroxyl groups is 3. The topological polar surface area (TPSA) is 73.0 Å². The van der Waals surface area contributed by atoms with E-state index in [9.17, 15) is 5.11 Å². The maximum absolute atomic E-state index is 9.55. The third-order valence-corrected chi connectivity index (χ3v) is 2.79. The van der Waals surface area contributed by atoms with Crippen molar-refractivity contribution >= 4 is 18.8 Å². The van der Waals surface area contributed by atoms with Gasteiger partial charge in [0, 0.05) is 6.21 Å². The van der Waals surface area contributed by atoms with Gasteiger partial charge in [-0.1, -0.05) is 0 Å². The summed E-state index contributed by atoms with van der Waals surface area (Å²) in [6.45, 7) is 1.10. The van der Waals surface area contributed by atoms with E-state index in [1.165, 1.54) is 6.21 Å². The van der Waals surface area contributed by atoms with Gasteiger partial charge in [-0.2, -0.15) is 12.6 Å². The maximum atomic E-state index is 9.55. The molecule has 0 saturated carbocycles. The second-order valence-corrected chi connectivity index (χ2v) is 3.95. The van der Waals surface area contributed by atoms with Crippen molar-refractivity contribution in [1.82, 2.24) is 0 Å². The zero-order valence-corrected chi connectivity index (χ0v) is 8.20. The molecule has 2 atom stereocenters. The number of rotatable bonds is 2. The maximum Gasteiger partial charge on any atom is 0.121 e. The van der Waals surface area contributed by atoms with Gasteiger partial charge in [-0.25, -0.2) is 0 Å². The van der Waals surface area contributed by atoms with E-state index in [4.69, 9.17) is 10.2 Å². The highest BCUT2D eigenvalue weighted by molar-refractivity contribution is 7.82. The zero-order valence-electron chi connectivity index (χ0n) is 7.30. The molecule has 0 aromatic rings. The Hall–Kier alpha value is -0.520. The van der Waals surface area contributed by atoms with Crippen LogP contribution >= 0.6 is 12.6 Å². The molecule has 1 aliphatic heterocycles. The lowest BCUT2D eigenvalue weighted by Gasteiger charge is -2.33. The predicted molar refractivity (Wildman–Crippen MR) is 53.2 cm³/mol. The molecule has 74 valence electrons. The molecule has 0 aromatic heterocycles. The molecular formula is C8H13NO3S. The molecule has 0 bridgehead atoms. The number of nitrogens with zero attached hydrogens (tertiary/aromatic N) is 1. The van der Waals surface area contributed by atoms with Gasteiger partial charge in [-0.05, 0) is 6.92 Å². The third kappa shape index (κ3) is 1.72. The molecule has 1 aliphatic rings. The first-order chi connectivity index (χ1) is 6.05. The molecule has 0 amide bonds. The van der Waals surface area contributed by atoms with E-state index in [2.05, 4.69) is 17.6 Å².